The smallest absolute Gasteiger partial charge is 0.319 e. The topological polar surface area (TPSA) is 67.2 Å². The van der Waals surface area contributed by atoms with Gasteiger partial charge in [0.1, 0.15) is 0 Å². The second-order valence-corrected chi connectivity index (χ2v) is 7.43. The molecule has 1 N–H and O–H groups in total. The van der Waals surface area contributed by atoms with Gasteiger partial charge < -0.3 is 10.2 Å². The number of benzene rings is 2. The van der Waals surface area contributed by atoms with Crippen molar-refractivity contribution >= 4 is 23.2 Å². The van der Waals surface area contributed by atoms with E-state index < -0.39 is 17.6 Å². The van der Waals surface area contributed by atoms with Gasteiger partial charge in [-0.15, -0.1) is 0 Å². The Bertz CT molecular complexity index is 1160. The molecule has 1 aliphatic rings. The lowest BCUT2D eigenvalue weighted by atomic mass is 10.1. The summed E-state index contributed by atoms with van der Waals surface area (Å²) in [6.45, 7) is 3.44. The number of alkyl halides is 3. The fraction of sp³-hybridized carbons (Fsp3) is 0.227. The van der Waals surface area contributed by atoms with Crippen molar-refractivity contribution in [2.75, 3.05) is 16.8 Å². The molecule has 160 valence electrons. The van der Waals surface area contributed by atoms with Gasteiger partial charge in [0.05, 0.1) is 23.5 Å². The summed E-state index contributed by atoms with van der Waals surface area (Å²) in [5.74, 6) is -0.836. The molecule has 9 heteroatoms. The molecule has 0 aliphatic carbocycles. The van der Waals surface area contributed by atoms with E-state index in [4.69, 9.17) is 0 Å². The van der Waals surface area contributed by atoms with Gasteiger partial charge >= 0.3 is 6.18 Å². The number of halogens is 3. The number of hydrogen-bond donors (Lipinski definition) is 1. The van der Waals surface area contributed by atoms with Crippen molar-refractivity contribution in [3.63, 3.8) is 0 Å². The number of fused-ring (bicyclic) bond motifs is 1. The number of anilines is 2. The van der Waals surface area contributed by atoms with E-state index >= 15 is 0 Å². The van der Waals surface area contributed by atoms with Crippen LogP contribution in [0.3, 0.4) is 0 Å². The first-order chi connectivity index (χ1) is 14.7. The fourth-order valence-electron chi connectivity index (χ4n) is 3.69. The lowest BCUT2D eigenvalue weighted by Crippen LogP contribution is -2.43. The minimum absolute atomic E-state index is 0.0298. The first-order valence-electron chi connectivity index (χ1n) is 9.60. The molecule has 4 rings (SSSR count). The van der Waals surface area contributed by atoms with Gasteiger partial charge in [-0.1, -0.05) is 18.2 Å². The van der Waals surface area contributed by atoms with Gasteiger partial charge in [0.25, 0.3) is 11.8 Å². The molecule has 0 saturated heterocycles. The molecule has 1 aromatic heterocycles. The lowest BCUT2D eigenvalue weighted by Gasteiger charge is -2.32. The molecular formula is C22H19F3N4O2. The van der Waals surface area contributed by atoms with Crippen LogP contribution in [0.2, 0.25) is 0 Å². The second kappa shape index (κ2) is 7.57. The summed E-state index contributed by atoms with van der Waals surface area (Å²) < 4.78 is 40.8. The number of rotatable bonds is 3. The average molecular weight is 428 g/mol. The Balaban J connectivity index is 1.66. The number of carbonyl (C=O) groups excluding carboxylic acids is 2. The van der Waals surface area contributed by atoms with Gasteiger partial charge in [-0.3, -0.25) is 14.3 Å². The second-order valence-electron chi connectivity index (χ2n) is 7.43. The maximum Gasteiger partial charge on any atom is 0.416 e. The lowest BCUT2D eigenvalue weighted by molar-refractivity contribution is -0.138. The highest BCUT2D eigenvalue weighted by Gasteiger charge is 2.36. The van der Waals surface area contributed by atoms with E-state index in [0.717, 1.165) is 6.07 Å². The zero-order valence-electron chi connectivity index (χ0n) is 16.8. The number of aryl methyl sites for hydroxylation is 1. The minimum Gasteiger partial charge on any atom is -0.319 e. The summed E-state index contributed by atoms with van der Waals surface area (Å²) in [4.78, 5) is 27.2. The van der Waals surface area contributed by atoms with Crippen LogP contribution >= 0.6 is 0 Å². The first-order valence-corrected chi connectivity index (χ1v) is 9.60. The standard InChI is InChI=1S/C22H19F3N4O2/c1-13-10-16(8-9-17(13)22(23,24)25)28-12-14(2)29-19(21(28)31)18(11-26-29)27-20(30)15-6-4-3-5-7-15/h3-11,14H,12H2,1-2H3,(H,27,30)/t14-/m0/s1. The van der Waals surface area contributed by atoms with Crippen LogP contribution in [-0.2, 0) is 6.18 Å². The molecule has 0 spiro atoms. The summed E-state index contributed by atoms with van der Waals surface area (Å²) in [6.07, 6.45) is -3.05. The van der Waals surface area contributed by atoms with E-state index in [0.29, 0.717) is 11.3 Å². The number of amides is 2. The molecule has 3 aromatic rings. The van der Waals surface area contributed by atoms with Gasteiger partial charge in [0.15, 0.2) is 5.69 Å². The third-order valence-electron chi connectivity index (χ3n) is 5.22. The largest absolute Gasteiger partial charge is 0.416 e. The van der Waals surface area contributed by atoms with E-state index in [1.165, 1.54) is 34.8 Å². The molecule has 2 heterocycles. The molecule has 6 nitrogen and oxygen atoms in total. The molecule has 0 unspecified atom stereocenters. The van der Waals surface area contributed by atoms with Crippen molar-refractivity contribution in [1.82, 2.24) is 9.78 Å². The summed E-state index contributed by atoms with van der Waals surface area (Å²) in [7, 11) is 0. The Morgan fingerprint density at radius 2 is 1.87 bits per heavy atom. The van der Waals surface area contributed by atoms with Crippen LogP contribution in [0.5, 0.6) is 0 Å². The van der Waals surface area contributed by atoms with Crippen molar-refractivity contribution in [3.8, 4) is 0 Å². The SMILES string of the molecule is Cc1cc(N2C[C@H](C)n3ncc(NC(=O)c4ccccc4)c3C2=O)ccc1C(F)(F)F. The monoisotopic (exact) mass is 428 g/mol. The van der Waals surface area contributed by atoms with Crippen LogP contribution in [0.1, 0.15) is 44.9 Å². The van der Waals surface area contributed by atoms with Crippen molar-refractivity contribution in [2.24, 2.45) is 0 Å². The average Bonchev–Trinajstić information content (AvgIpc) is 3.15. The van der Waals surface area contributed by atoms with Crippen LogP contribution in [0.15, 0.2) is 54.7 Å². The summed E-state index contributed by atoms with van der Waals surface area (Å²) in [6, 6.07) is 11.9. The molecule has 0 fully saturated rings. The minimum atomic E-state index is -4.46. The number of aromatic nitrogens is 2. The summed E-state index contributed by atoms with van der Waals surface area (Å²) >= 11 is 0. The highest BCUT2D eigenvalue weighted by atomic mass is 19.4. The zero-order chi connectivity index (χ0) is 22.3. The van der Waals surface area contributed by atoms with Crippen molar-refractivity contribution in [3.05, 3.63) is 77.1 Å². The number of nitrogens with zero attached hydrogens (tertiary/aromatic N) is 3. The quantitative estimate of drug-likeness (QED) is 0.659. The number of carbonyl (C=O) groups is 2. The Morgan fingerprint density at radius 1 is 1.16 bits per heavy atom. The van der Waals surface area contributed by atoms with Crippen LogP contribution in [0.4, 0.5) is 24.5 Å². The molecule has 31 heavy (non-hydrogen) atoms. The number of nitrogens with one attached hydrogen (secondary N) is 1. The van der Waals surface area contributed by atoms with Crippen molar-refractivity contribution in [2.45, 2.75) is 26.1 Å². The van der Waals surface area contributed by atoms with E-state index in [-0.39, 0.29) is 35.4 Å². The third-order valence-corrected chi connectivity index (χ3v) is 5.22. The van der Waals surface area contributed by atoms with Crippen LogP contribution in [0.25, 0.3) is 0 Å². The third kappa shape index (κ3) is 3.78. The van der Waals surface area contributed by atoms with Crippen LogP contribution in [0, 0.1) is 6.92 Å². The highest BCUT2D eigenvalue weighted by Crippen LogP contribution is 2.35. The Labute approximate surface area is 176 Å². The molecule has 1 aliphatic heterocycles. The van der Waals surface area contributed by atoms with Crippen molar-refractivity contribution < 1.29 is 22.8 Å². The Kier molecular flexibility index (Phi) is 5.04. The van der Waals surface area contributed by atoms with E-state index in [1.807, 2.05) is 6.92 Å². The molecule has 2 amide bonds. The maximum absolute atomic E-state index is 13.2. The van der Waals surface area contributed by atoms with Gasteiger partial charge in [-0.2, -0.15) is 18.3 Å². The normalized spacial score (nSPS) is 16.2. The Morgan fingerprint density at radius 3 is 2.52 bits per heavy atom. The molecular weight excluding hydrogens is 409 g/mol. The van der Waals surface area contributed by atoms with E-state index in [9.17, 15) is 22.8 Å². The predicted octanol–water partition coefficient (Wildman–Crippen LogP) is 4.68. The predicted molar refractivity (Wildman–Crippen MR) is 109 cm³/mol. The van der Waals surface area contributed by atoms with E-state index in [2.05, 4.69) is 10.4 Å². The zero-order valence-corrected chi connectivity index (χ0v) is 16.8. The van der Waals surface area contributed by atoms with Gasteiger partial charge in [-0.25, -0.2) is 0 Å². The van der Waals surface area contributed by atoms with Gasteiger partial charge in [-0.05, 0) is 49.7 Å². The van der Waals surface area contributed by atoms with Crippen molar-refractivity contribution in [1.29, 1.82) is 0 Å². The van der Waals surface area contributed by atoms with Crippen LogP contribution < -0.4 is 10.2 Å². The van der Waals surface area contributed by atoms with E-state index in [1.54, 1.807) is 30.3 Å². The maximum atomic E-state index is 13.2. The molecule has 0 saturated carbocycles. The first kappa shape index (κ1) is 20.6. The molecule has 0 bridgehead atoms. The van der Waals surface area contributed by atoms with Crippen LogP contribution in [-0.4, -0.2) is 28.1 Å². The summed E-state index contributed by atoms with van der Waals surface area (Å²) in [5, 5.41) is 6.94. The highest BCUT2D eigenvalue weighted by molar-refractivity contribution is 6.13. The molecule has 2 aromatic carbocycles. The van der Waals surface area contributed by atoms with Gasteiger partial charge in [0.2, 0.25) is 0 Å². The van der Waals surface area contributed by atoms with Gasteiger partial charge in [0, 0.05) is 17.8 Å². The fourth-order valence-corrected chi connectivity index (χ4v) is 3.69. The molecule has 0 radical (unpaired) electrons. The summed E-state index contributed by atoms with van der Waals surface area (Å²) in [5.41, 5.74) is 0.500. The Hall–Kier alpha value is -3.62. The molecule has 1 atom stereocenters. The number of hydrogen-bond acceptors (Lipinski definition) is 3.